The molecule has 2 aliphatic rings. The van der Waals surface area contributed by atoms with E-state index in [2.05, 4.69) is 4.90 Å². The third-order valence-electron chi connectivity index (χ3n) is 4.40. The summed E-state index contributed by atoms with van der Waals surface area (Å²) in [4.78, 5) is 1.82. The minimum Gasteiger partial charge on any atom is -0.392 e. The number of hydrogen-bond donors (Lipinski definition) is 1. The fourth-order valence-corrected chi connectivity index (χ4v) is 4.33. The molecular weight excluding hydrogens is 307 g/mol. The zero-order chi connectivity index (χ0) is 15.7. The number of aliphatic hydroxyl groups excluding tert-OH is 1. The molecule has 7 heteroatoms. The number of benzene rings is 1. The van der Waals surface area contributed by atoms with Crippen molar-refractivity contribution in [2.45, 2.75) is 23.8 Å². The SMILES string of the molecule is O=S(=O)(c1ccccc1F)N1CCN(CC(O)C2CC2)CC1. The molecule has 22 heavy (non-hydrogen) atoms. The minimum absolute atomic E-state index is 0.263. The van der Waals surface area contributed by atoms with Crippen LogP contribution in [-0.2, 0) is 10.0 Å². The van der Waals surface area contributed by atoms with E-state index in [-0.39, 0.29) is 11.0 Å². The largest absolute Gasteiger partial charge is 0.392 e. The predicted molar refractivity (Wildman–Crippen MR) is 80.3 cm³/mol. The van der Waals surface area contributed by atoms with Crippen molar-refractivity contribution < 1.29 is 17.9 Å². The van der Waals surface area contributed by atoms with Crippen molar-refractivity contribution in [1.82, 2.24) is 9.21 Å². The van der Waals surface area contributed by atoms with Crippen LogP contribution in [0.25, 0.3) is 0 Å². The van der Waals surface area contributed by atoms with E-state index in [1.54, 1.807) is 0 Å². The van der Waals surface area contributed by atoms with Gasteiger partial charge in [0.2, 0.25) is 10.0 Å². The second-order valence-electron chi connectivity index (χ2n) is 6.04. The van der Waals surface area contributed by atoms with E-state index in [0.717, 1.165) is 18.9 Å². The summed E-state index contributed by atoms with van der Waals surface area (Å²) in [6, 6.07) is 5.47. The van der Waals surface area contributed by atoms with Gasteiger partial charge in [0.05, 0.1) is 6.10 Å². The summed E-state index contributed by atoms with van der Waals surface area (Å²) in [5, 5.41) is 9.96. The van der Waals surface area contributed by atoms with Crippen molar-refractivity contribution in [2.24, 2.45) is 5.92 Å². The van der Waals surface area contributed by atoms with Crippen molar-refractivity contribution in [3.63, 3.8) is 0 Å². The van der Waals surface area contributed by atoms with Crippen LogP contribution in [0.4, 0.5) is 4.39 Å². The van der Waals surface area contributed by atoms with Crippen molar-refractivity contribution in [1.29, 1.82) is 0 Å². The number of hydrogen-bond acceptors (Lipinski definition) is 4. The predicted octanol–water partition coefficient (Wildman–Crippen LogP) is 0.903. The van der Waals surface area contributed by atoms with E-state index in [4.69, 9.17) is 0 Å². The van der Waals surface area contributed by atoms with Crippen LogP contribution in [-0.4, -0.2) is 61.6 Å². The van der Waals surface area contributed by atoms with Crippen LogP contribution in [0.15, 0.2) is 29.2 Å². The van der Waals surface area contributed by atoms with Gasteiger partial charge in [-0.05, 0) is 30.9 Å². The number of nitrogens with zero attached hydrogens (tertiary/aromatic N) is 2. The molecule has 1 unspecified atom stereocenters. The maximum absolute atomic E-state index is 13.7. The molecule has 3 rings (SSSR count). The quantitative estimate of drug-likeness (QED) is 0.872. The molecule has 1 aromatic rings. The number of β-amino-alcohol motifs (C(OH)–C–C–N with tert-alkyl or cyclic N) is 1. The summed E-state index contributed by atoms with van der Waals surface area (Å²) < 4.78 is 40.0. The second kappa shape index (κ2) is 6.23. The van der Waals surface area contributed by atoms with Gasteiger partial charge in [0.25, 0.3) is 0 Å². The molecule has 0 amide bonds. The molecule has 5 nitrogen and oxygen atoms in total. The fraction of sp³-hybridized carbons (Fsp3) is 0.600. The highest BCUT2D eigenvalue weighted by molar-refractivity contribution is 7.89. The molecule has 1 saturated carbocycles. The highest BCUT2D eigenvalue weighted by Crippen LogP contribution is 2.33. The zero-order valence-corrected chi connectivity index (χ0v) is 13.2. The lowest BCUT2D eigenvalue weighted by molar-refractivity contribution is 0.0781. The van der Waals surface area contributed by atoms with Gasteiger partial charge in [-0.25, -0.2) is 12.8 Å². The van der Waals surface area contributed by atoms with Gasteiger partial charge in [-0.2, -0.15) is 4.31 Å². The Morgan fingerprint density at radius 2 is 1.82 bits per heavy atom. The summed E-state index contributed by atoms with van der Waals surface area (Å²) in [5.41, 5.74) is 0. The highest BCUT2D eigenvalue weighted by Gasteiger charge is 2.34. The van der Waals surface area contributed by atoms with E-state index in [9.17, 15) is 17.9 Å². The summed E-state index contributed by atoms with van der Waals surface area (Å²) in [6.07, 6.45) is 1.86. The first-order valence-electron chi connectivity index (χ1n) is 7.63. The Kier molecular flexibility index (Phi) is 4.49. The molecule has 2 fully saturated rings. The van der Waals surface area contributed by atoms with E-state index in [1.165, 1.54) is 22.5 Å². The van der Waals surface area contributed by atoms with E-state index < -0.39 is 15.8 Å². The maximum Gasteiger partial charge on any atom is 0.246 e. The normalized spacial score (nSPS) is 22.6. The first-order chi connectivity index (χ1) is 10.5. The van der Waals surface area contributed by atoms with Crippen LogP contribution >= 0.6 is 0 Å². The molecule has 0 spiro atoms. The van der Waals surface area contributed by atoms with E-state index in [1.807, 2.05) is 0 Å². The van der Waals surface area contributed by atoms with Gasteiger partial charge in [0.15, 0.2) is 0 Å². The average Bonchev–Trinajstić information content (AvgIpc) is 3.33. The molecule has 1 aliphatic carbocycles. The molecule has 122 valence electrons. The lowest BCUT2D eigenvalue weighted by Crippen LogP contribution is -2.50. The summed E-state index contributed by atoms with van der Waals surface area (Å²) in [7, 11) is -3.78. The molecule has 0 aromatic heterocycles. The van der Waals surface area contributed by atoms with Crippen molar-refractivity contribution in [2.75, 3.05) is 32.7 Å². The van der Waals surface area contributed by atoms with Crippen LogP contribution in [0.2, 0.25) is 0 Å². The molecule has 1 aromatic carbocycles. The molecule has 1 atom stereocenters. The molecule has 0 bridgehead atoms. The fourth-order valence-electron chi connectivity index (χ4n) is 2.84. The number of piperazine rings is 1. The molecule has 1 saturated heterocycles. The number of rotatable bonds is 5. The molecule has 1 aliphatic heterocycles. The van der Waals surface area contributed by atoms with Crippen molar-refractivity contribution in [3.8, 4) is 0 Å². The maximum atomic E-state index is 13.7. The van der Waals surface area contributed by atoms with Gasteiger partial charge in [0, 0.05) is 32.7 Å². The van der Waals surface area contributed by atoms with Gasteiger partial charge in [-0.3, -0.25) is 4.90 Å². The monoisotopic (exact) mass is 328 g/mol. The van der Waals surface area contributed by atoms with Crippen LogP contribution in [0.1, 0.15) is 12.8 Å². The first kappa shape index (κ1) is 15.9. The number of aliphatic hydroxyl groups is 1. The minimum atomic E-state index is -3.78. The van der Waals surface area contributed by atoms with Crippen LogP contribution < -0.4 is 0 Å². The highest BCUT2D eigenvalue weighted by atomic mass is 32.2. The van der Waals surface area contributed by atoms with Gasteiger partial charge < -0.3 is 5.11 Å². The topological polar surface area (TPSA) is 60.9 Å². The lowest BCUT2D eigenvalue weighted by atomic mass is 10.2. The van der Waals surface area contributed by atoms with E-state index in [0.29, 0.717) is 38.6 Å². The first-order valence-corrected chi connectivity index (χ1v) is 9.07. The second-order valence-corrected chi connectivity index (χ2v) is 7.95. The Morgan fingerprint density at radius 1 is 1.18 bits per heavy atom. The van der Waals surface area contributed by atoms with Gasteiger partial charge >= 0.3 is 0 Å². The average molecular weight is 328 g/mol. The van der Waals surface area contributed by atoms with Crippen molar-refractivity contribution in [3.05, 3.63) is 30.1 Å². The van der Waals surface area contributed by atoms with Crippen molar-refractivity contribution >= 4 is 10.0 Å². The molecule has 1 N–H and O–H groups in total. The Bertz CT molecular complexity index is 625. The Balaban J connectivity index is 1.62. The summed E-state index contributed by atoms with van der Waals surface area (Å²) in [6.45, 7) is 2.38. The van der Waals surface area contributed by atoms with Crippen LogP contribution in [0, 0.1) is 11.7 Å². The Hall–Kier alpha value is -1.02. The molecular formula is C15H21FN2O3S. The number of halogens is 1. The smallest absolute Gasteiger partial charge is 0.246 e. The van der Waals surface area contributed by atoms with Crippen LogP contribution in [0.5, 0.6) is 0 Å². The molecule has 0 radical (unpaired) electrons. The molecule has 1 heterocycles. The Morgan fingerprint density at radius 3 is 2.41 bits per heavy atom. The third-order valence-corrected chi connectivity index (χ3v) is 6.33. The van der Waals surface area contributed by atoms with Crippen LogP contribution in [0.3, 0.4) is 0 Å². The summed E-state index contributed by atoms with van der Waals surface area (Å²) >= 11 is 0. The van der Waals surface area contributed by atoms with E-state index >= 15 is 0 Å². The lowest BCUT2D eigenvalue weighted by Gasteiger charge is -2.35. The summed E-state index contributed by atoms with van der Waals surface area (Å²) in [5.74, 6) is -0.297. The number of sulfonamides is 1. The standard InChI is InChI=1S/C15H21FN2O3S/c16-13-3-1-2-4-15(13)22(20,21)18-9-7-17(8-10-18)11-14(19)12-5-6-12/h1-4,12,14,19H,5-11H2. The third kappa shape index (κ3) is 3.32. The zero-order valence-electron chi connectivity index (χ0n) is 12.4. The van der Waals surface area contributed by atoms with Gasteiger partial charge in [0.1, 0.15) is 10.7 Å². The van der Waals surface area contributed by atoms with Gasteiger partial charge in [-0.15, -0.1) is 0 Å². The van der Waals surface area contributed by atoms with Gasteiger partial charge in [-0.1, -0.05) is 12.1 Å². The Labute approximate surface area is 130 Å².